The zero-order valence-electron chi connectivity index (χ0n) is 19.5. The third-order valence-electron chi connectivity index (χ3n) is 5.77. The molecule has 35 heavy (non-hydrogen) atoms. The minimum atomic E-state index is -0.407. The zero-order chi connectivity index (χ0) is 25.3. The van der Waals surface area contributed by atoms with Gasteiger partial charge in [-0.25, -0.2) is 4.39 Å². The first-order chi connectivity index (χ1) is 16.6. The number of Topliss-reactive ketones (excluding diaryl/α,β-unsaturated/α-hetero) is 2. The van der Waals surface area contributed by atoms with E-state index >= 15 is 0 Å². The molecule has 0 spiro atoms. The summed E-state index contributed by atoms with van der Waals surface area (Å²) in [6, 6.07) is 18.8. The van der Waals surface area contributed by atoms with Crippen molar-refractivity contribution in [2.45, 2.75) is 27.2 Å². The first-order valence-corrected chi connectivity index (χ1v) is 11.8. The van der Waals surface area contributed by atoms with Crippen molar-refractivity contribution < 1.29 is 14.0 Å². The molecule has 0 N–H and O–H groups in total. The third kappa shape index (κ3) is 5.34. The number of nitrogens with zero attached hydrogens (tertiary/aromatic N) is 1. The van der Waals surface area contributed by atoms with Crippen molar-refractivity contribution in [2.75, 3.05) is 0 Å². The summed E-state index contributed by atoms with van der Waals surface area (Å²) in [4.78, 5) is 29.6. The summed E-state index contributed by atoms with van der Waals surface area (Å²) in [6.45, 7) is 4.93. The van der Waals surface area contributed by atoms with Gasteiger partial charge >= 0.3 is 0 Å². The number of carbonyl (C=O) groups excluding carboxylic acids is 2. The molecule has 0 aliphatic carbocycles. The molecular formula is C29H22Cl2FNO2. The van der Waals surface area contributed by atoms with Crippen LogP contribution in [0.3, 0.4) is 0 Å². The lowest BCUT2D eigenvalue weighted by atomic mass is 9.94. The van der Waals surface area contributed by atoms with Crippen LogP contribution in [0.1, 0.15) is 44.5 Å². The number of aryl methyl sites for hydroxylation is 2. The van der Waals surface area contributed by atoms with Gasteiger partial charge in [0.15, 0.2) is 11.6 Å². The molecule has 176 valence electrons. The Bertz CT molecular complexity index is 1480. The lowest BCUT2D eigenvalue weighted by Crippen LogP contribution is -2.06. The summed E-state index contributed by atoms with van der Waals surface area (Å²) in [5.41, 5.74) is 4.73. The molecule has 0 unspecified atom stereocenters. The van der Waals surface area contributed by atoms with E-state index in [0.29, 0.717) is 49.3 Å². The fourth-order valence-electron chi connectivity index (χ4n) is 3.98. The highest BCUT2D eigenvalue weighted by molar-refractivity contribution is 6.33. The van der Waals surface area contributed by atoms with Gasteiger partial charge in [0.2, 0.25) is 0 Å². The van der Waals surface area contributed by atoms with E-state index in [1.807, 2.05) is 6.92 Å². The van der Waals surface area contributed by atoms with Gasteiger partial charge in [0.25, 0.3) is 0 Å². The van der Waals surface area contributed by atoms with E-state index < -0.39 is 5.82 Å². The number of hydrogen-bond acceptors (Lipinski definition) is 3. The molecule has 1 heterocycles. The number of hydrogen-bond donors (Lipinski definition) is 0. The maximum atomic E-state index is 14.9. The fourth-order valence-corrected chi connectivity index (χ4v) is 4.43. The van der Waals surface area contributed by atoms with Crippen LogP contribution in [0.5, 0.6) is 0 Å². The minimum absolute atomic E-state index is 0.0693. The Hall–Kier alpha value is -3.34. The number of ketones is 2. The van der Waals surface area contributed by atoms with Crippen LogP contribution in [0.25, 0.3) is 22.4 Å². The molecule has 0 fully saturated rings. The second-order valence-corrected chi connectivity index (χ2v) is 9.30. The number of aromatic nitrogens is 1. The van der Waals surface area contributed by atoms with E-state index in [0.717, 1.165) is 5.56 Å². The smallest absolute Gasteiger partial charge is 0.167 e. The second-order valence-electron chi connectivity index (χ2n) is 8.49. The molecule has 0 amide bonds. The first kappa shape index (κ1) is 24.8. The van der Waals surface area contributed by atoms with Gasteiger partial charge in [-0.3, -0.25) is 14.6 Å². The highest BCUT2D eigenvalue weighted by Crippen LogP contribution is 2.33. The average molecular weight is 506 g/mol. The summed E-state index contributed by atoms with van der Waals surface area (Å²) in [7, 11) is 0. The second kappa shape index (κ2) is 10.1. The average Bonchev–Trinajstić information content (AvgIpc) is 2.82. The van der Waals surface area contributed by atoms with Crippen molar-refractivity contribution in [2.24, 2.45) is 0 Å². The van der Waals surface area contributed by atoms with E-state index in [2.05, 4.69) is 4.98 Å². The molecule has 0 saturated carbocycles. The fraction of sp³-hybridized carbons (Fsp3) is 0.138. The van der Waals surface area contributed by atoms with Gasteiger partial charge in [0.1, 0.15) is 5.82 Å². The normalized spacial score (nSPS) is 10.9. The Balaban J connectivity index is 1.69. The standard InChI is InChI=1S/C29H22Cl2FNO2/c1-16-10-21(14-23(29(16)32)22-6-4-5-7-25(22)30)28(35)13-19-8-9-26(31)24(12-19)27-15-20(18(3)34)11-17(2)33-27/h4-12,14-15H,13H2,1-3H3. The molecule has 0 bridgehead atoms. The molecule has 0 atom stereocenters. The quantitative estimate of drug-likeness (QED) is 0.248. The van der Waals surface area contributed by atoms with Crippen molar-refractivity contribution in [3.05, 3.63) is 111 Å². The van der Waals surface area contributed by atoms with Gasteiger partial charge in [0, 0.05) is 50.0 Å². The van der Waals surface area contributed by atoms with Gasteiger partial charge in [-0.1, -0.05) is 47.5 Å². The molecule has 1 aromatic heterocycles. The van der Waals surface area contributed by atoms with Crippen LogP contribution in [-0.4, -0.2) is 16.6 Å². The Morgan fingerprint density at radius 1 is 0.829 bits per heavy atom. The van der Waals surface area contributed by atoms with E-state index in [1.165, 1.54) is 6.92 Å². The van der Waals surface area contributed by atoms with Crippen LogP contribution in [0.2, 0.25) is 10.0 Å². The van der Waals surface area contributed by atoms with Gasteiger partial charge in [-0.15, -0.1) is 0 Å². The minimum Gasteiger partial charge on any atom is -0.295 e. The van der Waals surface area contributed by atoms with Crippen molar-refractivity contribution in [3.63, 3.8) is 0 Å². The number of rotatable bonds is 6. The number of halogens is 3. The Kier molecular flexibility index (Phi) is 7.15. The summed E-state index contributed by atoms with van der Waals surface area (Å²) in [5.74, 6) is -0.647. The van der Waals surface area contributed by atoms with E-state index in [9.17, 15) is 14.0 Å². The van der Waals surface area contributed by atoms with Crippen LogP contribution in [-0.2, 0) is 6.42 Å². The van der Waals surface area contributed by atoms with E-state index in [-0.39, 0.29) is 23.6 Å². The molecular weight excluding hydrogens is 484 g/mol. The lowest BCUT2D eigenvalue weighted by Gasteiger charge is -2.12. The summed E-state index contributed by atoms with van der Waals surface area (Å²) >= 11 is 12.7. The van der Waals surface area contributed by atoms with Gasteiger partial charge in [0.05, 0.1) is 5.69 Å². The number of carbonyl (C=O) groups is 2. The van der Waals surface area contributed by atoms with Crippen LogP contribution >= 0.6 is 23.2 Å². The molecule has 3 aromatic carbocycles. The monoisotopic (exact) mass is 505 g/mol. The largest absolute Gasteiger partial charge is 0.295 e. The molecule has 0 saturated heterocycles. The maximum absolute atomic E-state index is 14.9. The SMILES string of the molecule is CC(=O)c1cc(C)nc(-c2cc(CC(=O)c3cc(C)c(F)c(-c4ccccc4Cl)c3)ccc2Cl)c1. The van der Waals surface area contributed by atoms with Crippen LogP contribution in [0, 0.1) is 19.7 Å². The van der Waals surface area contributed by atoms with Gasteiger partial charge in [-0.05, 0) is 74.4 Å². The van der Waals surface area contributed by atoms with Gasteiger partial charge < -0.3 is 0 Å². The Morgan fingerprint density at radius 3 is 2.26 bits per heavy atom. The molecule has 0 aliphatic rings. The maximum Gasteiger partial charge on any atom is 0.167 e. The topological polar surface area (TPSA) is 47.0 Å². The van der Waals surface area contributed by atoms with Crippen molar-refractivity contribution in [1.82, 2.24) is 4.98 Å². The molecule has 0 aliphatic heterocycles. The van der Waals surface area contributed by atoms with Crippen molar-refractivity contribution in [1.29, 1.82) is 0 Å². The predicted octanol–water partition coefficient (Wildman–Crippen LogP) is 8.11. The van der Waals surface area contributed by atoms with Crippen LogP contribution < -0.4 is 0 Å². The van der Waals surface area contributed by atoms with Crippen LogP contribution in [0.4, 0.5) is 4.39 Å². The van der Waals surface area contributed by atoms with E-state index in [4.69, 9.17) is 23.2 Å². The molecule has 6 heteroatoms. The van der Waals surface area contributed by atoms with Gasteiger partial charge in [-0.2, -0.15) is 0 Å². The predicted molar refractivity (Wildman–Crippen MR) is 139 cm³/mol. The first-order valence-electron chi connectivity index (χ1n) is 11.0. The third-order valence-corrected chi connectivity index (χ3v) is 6.43. The van der Waals surface area contributed by atoms with E-state index in [1.54, 1.807) is 73.7 Å². The zero-order valence-corrected chi connectivity index (χ0v) is 21.0. The highest BCUT2D eigenvalue weighted by Gasteiger charge is 2.17. The van der Waals surface area contributed by atoms with Crippen LogP contribution in [0.15, 0.2) is 66.7 Å². The Labute approximate surface area is 213 Å². The summed E-state index contributed by atoms with van der Waals surface area (Å²) in [5, 5.41) is 0.876. The Morgan fingerprint density at radius 2 is 1.54 bits per heavy atom. The summed E-state index contributed by atoms with van der Waals surface area (Å²) in [6.07, 6.45) is 0.0859. The van der Waals surface area contributed by atoms with Crippen molar-refractivity contribution in [3.8, 4) is 22.4 Å². The molecule has 0 radical (unpaired) electrons. The van der Waals surface area contributed by atoms with Crippen molar-refractivity contribution >= 4 is 34.8 Å². The highest BCUT2D eigenvalue weighted by atomic mass is 35.5. The molecule has 4 aromatic rings. The number of benzene rings is 3. The lowest BCUT2D eigenvalue weighted by molar-refractivity contribution is 0.0990. The number of pyridine rings is 1. The summed E-state index contributed by atoms with van der Waals surface area (Å²) < 4.78 is 14.9. The molecule has 3 nitrogen and oxygen atoms in total. The molecule has 4 rings (SSSR count).